The second kappa shape index (κ2) is 6.56. The van der Waals surface area contributed by atoms with Crippen LogP contribution in [0.25, 0.3) is 0 Å². The molecule has 2 unspecified atom stereocenters. The number of aryl methyl sites for hydroxylation is 1. The molecule has 2 N–H and O–H groups in total. The first-order valence-electron chi connectivity index (χ1n) is 7.96. The standard InChI is InChI=1S/C18H29N/c1-3-7-16-9-6-12-18(19,13-11-16)14-17-10-5-4-8-15(17)2/h4-5,8,10,16H,3,6-7,9,11-14,19H2,1-2H3. The van der Waals surface area contributed by atoms with Gasteiger partial charge in [0.05, 0.1) is 0 Å². The van der Waals surface area contributed by atoms with E-state index in [0.29, 0.717) is 0 Å². The maximum absolute atomic E-state index is 6.72. The summed E-state index contributed by atoms with van der Waals surface area (Å²) < 4.78 is 0. The van der Waals surface area contributed by atoms with Crippen molar-refractivity contribution in [2.45, 2.75) is 70.8 Å². The van der Waals surface area contributed by atoms with Gasteiger partial charge < -0.3 is 5.73 Å². The first-order valence-corrected chi connectivity index (χ1v) is 7.96. The average Bonchev–Trinajstić information content (AvgIpc) is 2.56. The molecule has 0 spiro atoms. The molecule has 1 saturated carbocycles. The minimum atomic E-state index is 0.0363. The minimum Gasteiger partial charge on any atom is -0.325 e. The first kappa shape index (κ1) is 14.6. The highest BCUT2D eigenvalue weighted by Crippen LogP contribution is 2.33. The van der Waals surface area contributed by atoms with Crippen LogP contribution < -0.4 is 5.73 Å². The monoisotopic (exact) mass is 259 g/mol. The molecule has 19 heavy (non-hydrogen) atoms. The fourth-order valence-corrected chi connectivity index (χ4v) is 3.57. The van der Waals surface area contributed by atoms with Crippen molar-refractivity contribution < 1.29 is 0 Å². The van der Waals surface area contributed by atoms with Crippen LogP contribution in [0.3, 0.4) is 0 Å². The van der Waals surface area contributed by atoms with Crippen LogP contribution in [0.5, 0.6) is 0 Å². The van der Waals surface area contributed by atoms with E-state index in [-0.39, 0.29) is 5.54 Å². The highest BCUT2D eigenvalue weighted by Gasteiger charge is 2.29. The lowest BCUT2D eigenvalue weighted by molar-refractivity contribution is 0.354. The Morgan fingerprint density at radius 1 is 1.21 bits per heavy atom. The first-order chi connectivity index (χ1) is 9.13. The minimum absolute atomic E-state index is 0.0363. The van der Waals surface area contributed by atoms with Gasteiger partial charge in [-0.2, -0.15) is 0 Å². The third kappa shape index (κ3) is 4.07. The van der Waals surface area contributed by atoms with Gasteiger partial charge in [-0.25, -0.2) is 0 Å². The maximum Gasteiger partial charge on any atom is 0.0195 e. The van der Waals surface area contributed by atoms with E-state index in [9.17, 15) is 0 Å². The van der Waals surface area contributed by atoms with E-state index in [1.165, 1.54) is 56.1 Å². The van der Waals surface area contributed by atoms with Crippen molar-refractivity contribution in [2.24, 2.45) is 11.7 Å². The smallest absolute Gasteiger partial charge is 0.0195 e. The second-order valence-corrected chi connectivity index (χ2v) is 6.55. The van der Waals surface area contributed by atoms with Gasteiger partial charge in [0, 0.05) is 5.54 Å². The third-order valence-electron chi connectivity index (χ3n) is 4.84. The fraction of sp³-hybridized carbons (Fsp3) is 0.667. The topological polar surface area (TPSA) is 26.0 Å². The van der Waals surface area contributed by atoms with Gasteiger partial charge in [-0.05, 0) is 49.7 Å². The molecule has 106 valence electrons. The molecule has 1 aromatic carbocycles. The van der Waals surface area contributed by atoms with Crippen molar-refractivity contribution in [1.29, 1.82) is 0 Å². The van der Waals surface area contributed by atoms with Gasteiger partial charge in [-0.15, -0.1) is 0 Å². The molecule has 0 radical (unpaired) electrons. The molecule has 1 nitrogen and oxygen atoms in total. The van der Waals surface area contributed by atoms with Crippen molar-refractivity contribution in [2.75, 3.05) is 0 Å². The summed E-state index contributed by atoms with van der Waals surface area (Å²) in [5, 5.41) is 0. The van der Waals surface area contributed by atoms with E-state index >= 15 is 0 Å². The largest absolute Gasteiger partial charge is 0.325 e. The normalized spacial score (nSPS) is 28.1. The van der Waals surface area contributed by atoms with E-state index in [2.05, 4.69) is 38.1 Å². The van der Waals surface area contributed by atoms with Crippen LogP contribution in [0.1, 0.15) is 63.0 Å². The van der Waals surface area contributed by atoms with Crippen molar-refractivity contribution in [3.05, 3.63) is 35.4 Å². The zero-order valence-electron chi connectivity index (χ0n) is 12.6. The molecule has 0 heterocycles. The number of nitrogens with two attached hydrogens (primary N) is 1. The predicted octanol–water partition coefficient (Wildman–Crippen LogP) is 4.62. The Labute approximate surface area is 118 Å². The predicted molar refractivity (Wildman–Crippen MR) is 83.3 cm³/mol. The molecular formula is C18H29N. The molecule has 1 aliphatic rings. The van der Waals surface area contributed by atoms with Crippen molar-refractivity contribution >= 4 is 0 Å². The van der Waals surface area contributed by atoms with Crippen molar-refractivity contribution in [3.63, 3.8) is 0 Å². The van der Waals surface area contributed by atoms with Crippen LogP contribution in [0.15, 0.2) is 24.3 Å². The van der Waals surface area contributed by atoms with Crippen LogP contribution in [-0.4, -0.2) is 5.54 Å². The Bertz CT molecular complexity index is 398. The van der Waals surface area contributed by atoms with Gasteiger partial charge in [-0.3, -0.25) is 0 Å². The summed E-state index contributed by atoms with van der Waals surface area (Å²) in [6.07, 6.45) is 10.2. The van der Waals surface area contributed by atoms with Crippen LogP contribution in [0.4, 0.5) is 0 Å². The van der Waals surface area contributed by atoms with Gasteiger partial charge in [0.2, 0.25) is 0 Å². The second-order valence-electron chi connectivity index (χ2n) is 6.55. The van der Waals surface area contributed by atoms with Gasteiger partial charge in [-0.1, -0.05) is 56.9 Å². The van der Waals surface area contributed by atoms with Crippen LogP contribution in [0.2, 0.25) is 0 Å². The zero-order valence-corrected chi connectivity index (χ0v) is 12.6. The quantitative estimate of drug-likeness (QED) is 0.785. The summed E-state index contributed by atoms with van der Waals surface area (Å²) >= 11 is 0. The van der Waals surface area contributed by atoms with E-state index in [4.69, 9.17) is 5.73 Å². The molecule has 1 aliphatic carbocycles. The van der Waals surface area contributed by atoms with Crippen molar-refractivity contribution in [1.82, 2.24) is 0 Å². The summed E-state index contributed by atoms with van der Waals surface area (Å²) in [7, 11) is 0. The maximum atomic E-state index is 6.72. The Kier molecular flexibility index (Phi) is 5.04. The van der Waals surface area contributed by atoms with Crippen LogP contribution in [-0.2, 0) is 6.42 Å². The summed E-state index contributed by atoms with van der Waals surface area (Å²) in [4.78, 5) is 0. The summed E-state index contributed by atoms with van der Waals surface area (Å²) in [6.45, 7) is 4.50. The van der Waals surface area contributed by atoms with Crippen LogP contribution in [0, 0.1) is 12.8 Å². The van der Waals surface area contributed by atoms with Gasteiger partial charge in [0.1, 0.15) is 0 Å². The van der Waals surface area contributed by atoms with Crippen molar-refractivity contribution in [3.8, 4) is 0 Å². The molecule has 1 heteroatoms. The Hall–Kier alpha value is -0.820. The molecule has 1 aromatic rings. The highest BCUT2D eigenvalue weighted by atomic mass is 14.7. The van der Waals surface area contributed by atoms with E-state index < -0.39 is 0 Å². The number of hydrogen-bond donors (Lipinski definition) is 1. The lowest BCUT2D eigenvalue weighted by Gasteiger charge is -2.29. The van der Waals surface area contributed by atoms with Gasteiger partial charge in [0.25, 0.3) is 0 Å². The lowest BCUT2D eigenvalue weighted by atomic mass is 9.83. The highest BCUT2D eigenvalue weighted by molar-refractivity contribution is 5.27. The zero-order chi connectivity index (χ0) is 13.7. The molecule has 0 saturated heterocycles. The molecular weight excluding hydrogens is 230 g/mol. The Morgan fingerprint density at radius 2 is 2.00 bits per heavy atom. The van der Waals surface area contributed by atoms with E-state index in [0.717, 1.165) is 12.3 Å². The third-order valence-corrected chi connectivity index (χ3v) is 4.84. The number of rotatable bonds is 4. The molecule has 0 bridgehead atoms. The lowest BCUT2D eigenvalue weighted by Crippen LogP contribution is -2.41. The Balaban J connectivity index is 2.01. The molecule has 0 amide bonds. The summed E-state index contributed by atoms with van der Waals surface area (Å²) in [5.74, 6) is 0.923. The molecule has 0 aliphatic heterocycles. The summed E-state index contributed by atoms with van der Waals surface area (Å²) in [5.41, 5.74) is 9.59. The van der Waals surface area contributed by atoms with Crippen LogP contribution >= 0.6 is 0 Å². The Morgan fingerprint density at radius 3 is 2.74 bits per heavy atom. The van der Waals surface area contributed by atoms with Gasteiger partial charge in [0.15, 0.2) is 0 Å². The average molecular weight is 259 g/mol. The number of benzene rings is 1. The van der Waals surface area contributed by atoms with E-state index in [1.807, 2.05) is 0 Å². The molecule has 2 atom stereocenters. The summed E-state index contributed by atoms with van der Waals surface area (Å²) in [6, 6.07) is 8.71. The molecule has 0 aromatic heterocycles. The van der Waals surface area contributed by atoms with E-state index in [1.54, 1.807) is 0 Å². The fourth-order valence-electron chi connectivity index (χ4n) is 3.57. The van der Waals surface area contributed by atoms with Gasteiger partial charge >= 0.3 is 0 Å². The SMILES string of the molecule is CCCC1CCCC(N)(Cc2ccccc2C)CC1. The number of hydrogen-bond acceptors (Lipinski definition) is 1. The molecule has 1 fully saturated rings. The molecule has 2 rings (SSSR count).